The number of hydrogen-bond acceptors (Lipinski definition) is 2. The molecule has 1 aromatic carbocycles. The molecule has 0 saturated heterocycles. The first-order chi connectivity index (χ1) is 7.51. The highest BCUT2D eigenvalue weighted by Crippen LogP contribution is 2.37. The first-order valence-electron chi connectivity index (χ1n) is 5.76. The van der Waals surface area contributed by atoms with Gasteiger partial charge in [0.25, 0.3) is 0 Å². The Labute approximate surface area is 101 Å². The summed E-state index contributed by atoms with van der Waals surface area (Å²) in [6.45, 7) is 1.97. The predicted octanol–water partition coefficient (Wildman–Crippen LogP) is 2.74. The van der Waals surface area contributed by atoms with Gasteiger partial charge in [0.15, 0.2) is 0 Å². The second-order valence-corrected chi connectivity index (χ2v) is 5.24. The molecule has 88 valence electrons. The van der Waals surface area contributed by atoms with E-state index in [1.165, 1.54) is 0 Å². The van der Waals surface area contributed by atoms with Gasteiger partial charge in [-0.2, -0.15) is 0 Å². The molecule has 0 radical (unpaired) electrons. The summed E-state index contributed by atoms with van der Waals surface area (Å²) in [4.78, 5) is 0. The van der Waals surface area contributed by atoms with E-state index in [-0.39, 0.29) is 6.04 Å². The fourth-order valence-electron chi connectivity index (χ4n) is 2.29. The van der Waals surface area contributed by atoms with Crippen LogP contribution in [0.5, 0.6) is 0 Å². The van der Waals surface area contributed by atoms with Crippen LogP contribution in [0.1, 0.15) is 36.8 Å². The van der Waals surface area contributed by atoms with E-state index in [1.54, 1.807) is 0 Å². The zero-order valence-corrected chi connectivity index (χ0v) is 10.3. The van der Waals surface area contributed by atoms with E-state index in [4.69, 9.17) is 17.3 Å². The third-order valence-electron chi connectivity index (χ3n) is 3.57. The van der Waals surface area contributed by atoms with E-state index in [9.17, 15) is 5.11 Å². The number of nitrogens with two attached hydrogens (primary N) is 1. The van der Waals surface area contributed by atoms with Crippen molar-refractivity contribution < 1.29 is 5.11 Å². The fraction of sp³-hybridized carbons (Fsp3) is 0.538. The minimum Gasteiger partial charge on any atom is -0.385 e. The average molecular weight is 240 g/mol. The molecule has 1 fully saturated rings. The van der Waals surface area contributed by atoms with Crippen LogP contribution in [-0.2, 0) is 5.60 Å². The highest BCUT2D eigenvalue weighted by molar-refractivity contribution is 6.31. The number of aryl methyl sites for hydroxylation is 1. The van der Waals surface area contributed by atoms with Crippen molar-refractivity contribution in [3.8, 4) is 0 Å². The summed E-state index contributed by atoms with van der Waals surface area (Å²) in [5.74, 6) is 0. The van der Waals surface area contributed by atoms with Gasteiger partial charge in [0.1, 0.15) is 0 Å². The quantitative estimate of drug-likeness (QED) is 0.792. The van der Waals surface area contributed by atoms with Gasteiger partial charge < -0.3 is 10.8 Å². The summed E-state index contributed by atoms with van der Waals surface area (Å²) in [7, 11) is 0. The summed E-state index contributed by atoms with van der Waals surface area (Å²) in [6, 6.07) is 6.05. The Bertz CT molecular complexity index is 384. The van der Waals surface area contributed by atoms with E-state index >= 15 is 0 Å². The van der Waals surface area contributed by atoms with Crippen LogP contribution in [-0.4, -0.2) is 11.1 Å². The summed E-state index contributed by atoms with van der Waals surface area (Å²) in [5.41, 5.74) is 7.09. The molecule has 1 aliphatic rings. The number of hydrogen-bond donors (Lipinski definition) is 2. The van der Waals surface area contributed by atoms with Crippen LogP contribution in [0.2, 0.25) is 5.02 Å². The lowest BCUT2D eigenvalue weighted by Crippen LogP contribution is -2.36. The topological polar surface area (TPSA) is 46.2 Å². The molecule has 0 bridgehead atoms. The first kappa shape index (κ1) is 11.9. The fourth-order valence-corrected chi connectivity index (χ4v) is 2.47. The Balaban J connectivity index is 2.25. The highest BCUT2D eigenvalue weighted by Gasteiger charge is 2.33. The van der Waals surface area contributed by atoms with E-state index in [0.29, 0.717) is 0 Å². The van der Waals surface area contributed by atoms with Gasteiger partial charge in [0, 0.05) is 11.1 Å². The van der Waals surface area contributed by atoms with Crippen molar-refractivity contribution in [2.24, 2.45) is 5.73 Å². The Morgan fingerprint density at radius 1 is 1.38 bits per heavy atom. The van der Waals surface area contributed by atoms with Gasteiger partial charge in [-0.3, -0.25) is 0 Å². The number of benzene rings is 1. The lowest BCUT2D eigenvalue weighted by Gasteiger charge is -2.35. The number of aliphatic hydroxyl groups is 1. The first-order valence-corrected chi connectivity index (χ1v) is 6.14. The van der Waals surface area contributed by atoms with E-state index in [0.717, 1.165) is 41.8 Å². The molecule has 0 spiro atoms. The Morgan fingerprint density at radius 2 is 2.00 bits per heavy atom. The third-order valence-corrected chi connectivity index (χ3v) is 3.97. The van der Waals surface area contributed by atoms with Crippen molar-refractivity contribution >= 4 is 11.6 Å². The van der Waals surface area contributed by atoms with Gasteiger partial charge in [-0.15, -0.1) is 0 Å². The van der Waals surface area contributed by atoms with Crippen LogP contribution < -0.4 is 5.73 Å². The molecule has 0 unspecified atom stereocenters. The van der Waals surface area contributed by atoms with E-state index in [2.05, 4.69) is 0 Å². The molecule has 1 aromatic rings. The molecule has 16 heavy (non-hydrogen) atoms. The molecule has 0 heterocycles. The third kappa shape index (κ3) is 2.24. The van der Waals surface area contributed by atoms with Crippen LogP contribution in [0, 0.1) is 6.92 Å². The molecular weight excluding hydrogens is 222 g/mol. The van der Waals surface area contributed by atoms with Crippen molar-refractivity contribution in [2.75, 3.05) is 0 Å². The van der Waals surface area contributed by atoms with E-state index < -0.39 is 5.60 Å². The van der Waals surface area contributed by atoms with Gasteiger partial charge in [0.05, 0.1) is 5.60 Å². The summed E-state index contributed by atoms with van der Waals surface area (Å²) in [5, 5.41) is 11.3. The smallest absolute Gasteiger partial charge is 0.0898 e. The van der Waals surface area contributed by atoms with Crippen LogP contribution in [0.3, 0.4) is 0 Å². The van der Waals surface area contributed by atoms with Crippen LogP contribution >= 0.6 is 11.6 Å². The summed E-state index contributed by atoms with van der Waals surface area (Å²) in [6.07, 6.45) is 3.21. The molecule has 1 saturated carbocycles. The largest absolute Gasteiger partial charge is 0.385 e. The zero-order chi connectivity index (χ0) is 11.8. The predicted molar refractivity (Wildman–Crippen MR) is 66.5 cm³/mol. The maximum Gasteiger partial charge on any atom is 0.0898 e. The van der Waals surface area contributed by atoms with Crippen molar-refractivity contribution in [2.45, 2.75) is 44.2 Å². The highest BCUT2D eigenvalue weighted by atomic mass is 35.5. The van der Waals surface area contributed by atoms with Gasteiger partial charge in [-0.25, -0.2) is 0 Å². The Kier molecular flexibility index (Phi) is 3.24. The maximum atomic E-state index is 10.6. The van der Waals surface area contributed by atoms with Crippen LogP contribution in [0.25, 0.3) is 0 Å². The minimum atomic E-state index is -0.729. The molecule has 3 N–H and O–H groups in total. The molecule has 0 aromatic heterocycles. The van der Waals surface area contributed by atoms with E-state index in [1.807, 2.05) is 25.1 Å². The average Bonchev–Trinajstić information content (AvgIpc) is 2.26. The van der Waals surface area contributed by atoms with Gasteiger partial charge in [-0.1, -0.05) is 23.7 Å². The Hall–Kier alpha value is -0.570. The standard InChI is InChI=1S/C13H18ClNO/c1-9-2-3-10(8-12(9)14)13(16)6-4-11(15)5-7-13/h2-3,8,11,16H,4-7,15H2,1H3. The maximum absolute atomic E-state index is 10.6. The summed E-state index contributed by atoms with van der Waals surface area (Å²) < 4.78 is 0. The zero-order valence-electron chi connectivity index (χ0n) is 9.54. The van der Waals surface area contributed by atoms with Gasteiger partial charge >= 0.3 is 0 Å². The van der Waals surface area contributed by atoms with Crippen molar-refractivity contribution in [3.05, 3.63) is 34.3 Å². The van der Waals surface area contributed by atoms with Crippen LogP contribution in [0.15, 0.2) is 18.2 Å². The molecule has 2 nitrogen and oxygen atoms in total. The second kappa shape index (κ2) is 4.36. The number of rotatable bonds is 1. The molecule has 0 aliphatic heterocycles. The van der Waals surface area contributed by atoms with Gasteiger partial charge in [-0.05, 0) is 49.8 Å². The Morgan fingerprint density at radius 3 is 2.56 bits per heavy atom. The molecule has 0 atom stereocenters. The van der Waals surface area contributed by atoms with Crippen LogP contribution in [0.4, 0.5) is 0 Å². The summed E-state index contributed by atoms with van der Waals surface area (Å²) >= 11 is 6.09. The molecule has 0 amide bonds. The van der Waals surface area contributed by atoms with Crippen molar-refractivity contribution in [3.63, 3.8) is 0 Å². The lowest BCUT2D eigenvalue weighted by molar-refractivity contribution is -0.00496. The second-order valence-electron chi connectivity index (χ2n) is 4.83. The molecule has 2 rings (SSSR count). The van der Waals surface area contributed by atoms with Crippen molar-refractivity contribution in [1.29, 1.82) is 0 Å². The van der Waals surface area contributed by atoms with Crippen molar-refractivity contribution in [1.82, 2.24) is 0 Å². The normalized spacial score (nSPS) is 30.4. The lowest BCUT2D eigenvalue weighted by atomic mass is 9.78. The van der Waals surface area contributed by atoms with Gasteiger partial charge in [0.2, 0.25) is 0 Å². The molecule has 3 heteroatoms. The SMILES string of the molecule is Cc1ccc(C2(O)CCC(N)CC2)cc1Cl. The number of halogens is 1. The monoisotopic (exact) mass is 239 g/mol. The minimum absolute atomic E-state index is 0.237. The molecule has 1 aliphatic carbocycles. The molecular formula is C13H18ClNO.